The molecule has 1 aliphatic heterocycles. The number of rotatable bonds is 5. The van der Waals surface area contributed by atoms with Crippen LogP contribution in [0.3, 0.4) is 0 Å². The van der Waals surface area contributed by atoms with Crippen LogP contribution in [0.4, 0.5) is 10.1 Å². The Morgan fingerprint density at radius 1 is 1.28 bits per heavy atom. The van der Waals surface area contributed by atoms with Gasteiger partial charge in [-0.3, -0.25) is 4.90 Å². The van der Waals surface area contributed by atoms with Crippen LogP contribution in [0, 0.1) is 17.9 Å². The van der Waals surface area contributed by atoms with Crippen LogP contribution < -0.4 is 5.23 Å². The summed E-state index contributed by atoms with van der Waals surface area (Å²) >= 11 is 0. The van der Waals surface area contributed by atoms with Gasteiger partial charge in [-0.25, -0.2) is 9.60 Å². The van der Waals surface area contributed by atoms with E-state index in [0.717, 1.165) is 5.56 Å². The summed E-state index contributed by atoms with van der Waals surface area (Å²) in [6.45, 7) is 2.61. The van der Waals surface area contributed by atoms with Gasteiger partial charge in [-0.1, -0.05) is 29.4 Å². The first-order valence-corrected chi connectivity index (χ1v) is 9.25. The summed E-state index contributed by atoms with van der Waals surface area (Å²) in [7, 11) is 0. The van der Waals surface area contributed by atoms with Crippen molar-refractivity contribution in [1.82, 2.24) is 15.0 Å². The Bertz CT molecular complexity index is 992. The summed E-state index contributed by atoms with van der Waals surface area (Å²) in [5.74, 6) is 0.322. The molecule has 3 aromatic rings. The average molecular weight is 400 g/mol. The molecular formula is C20H21FN4O4. The molecule has 1 aliphatic rings. The maximum absolute atomic E-state index is 13.8. The van der Waals surface area contributed by atoms with E-state index in [9.17, 15) is 14.7 Å². The summed E-state index contributed by atoms with van der Waals surface area (Å²) in [5.41, 5.74) is 2.20. The van der Waals surface area contributed by atoms with Crippen LogP contribution in [-0.4, -0.2) is 38.0 Å². The predicted molar refractivity (Wildman–Crippen MR) is 100 cm³/mol. The topological polar surface area (TPSA) is 110 Å². The molecule has 1 unspecified atom stereocenters. The first-order chi connectivity index (χ1) is 13.9. The lowest BCUT2D eigenvalue weighted by molar-refractivity contribution is -0.991. The van der Waals surface area contributed by atoms with E-state index >= 15 is 0 Å². The van der Waals surface area contributed by atoms with Gasteiger partial charge in [0.15, 0.2) is 5.69 Å². The van der Waals surface area contributed by atoms with Gasteiger partial charge in [0.25, 0.3) is 0 Å². The molecule has 29 heavy (non-hydrogen) atoms. The third-order valence-electron chi connectivity index (χ3n) is 5.12. The van der Waals surface area contributed by atoms with Gasteiger partial charge >= 0.3 is 0 Å². The Hall–Kier alpha value is -2.69. The van der Waals surface area contributed by atoms with Crippen LogP contribution in [0.2, 0.25) is 0 Å². The van der Waals surface area contributed by atoms with Crippen molar-refractivity contribution >= 4 is 5.69 Å². The average Bonchev–Trinajstić information content (AvgIpc) is 3.31. The maximum Gasteiger partial charge on any atom is 0.244 e. The van der Waals surface area contributed by atoms with Crippen LogP contribution in [0.1, 0.15) is 29.5 Å². The molecule has 0 bridgehead atoms. The van der Waals surface area contributed by atoms with Gasteiger partial charge in [-0.05, 0) is 30.5 Å². The largest absolute Gasteiger partial charge is 0.595 e. The zero-order chi connectivity index (χ0) is 20.5. The fourth-order valence-electron chi connectivity index (χ4n) is 3.52. The molecule has 2 heterocycles. The molecule has 3 atom stereocenters. The second kappa shape index (κ2) is 7.97. The van der Waals surface area contributed by atoms with Gasteiger partial charge in [-0.2, -0.15) is 10.2 Å². The Morgan fingerprint density at radius 3 is 2.72 bits per heavy atom. The number of aliphatic hydroxyl groups is 1. The number of hydrogen-bond donors (Lipinski definition) is 3. The molecule has 0 spiro atoms. The van der Waals surface area contributed by atoms with E-state index in [-0.39, 0.29) is 17.5 Å². The lowest BCUT2D eigenvalue weighted by Crippen LogP contribution is -2.99. The van der Waals surface area contributed by atoms with E-state index in [1.54, 1.807) is 43.3 Å². The zero-order valence-electron chi connectivity index (χ0n) is 15.7. The zero-order valence-corrected chi connectivity index (χ0v) is 15.7. The number of β-amino-alcohol motifs (C(OH)–C–C–N with tert-alkyl or cyclic N) is 1. The number of quaternary nitrogens is 1. The smallest absolute Gasteiger partial charge is 0.244 e. The van der Waals surface area contributed by atoms with E-state index < -0.39 is 11.3 Å². The third-order valence-corrected chi connectivity index (χ3v) is 5.12. The van der Waals surface area contributed by atoms with Crippen molar-refractivity contribution in [1.29, 1.82) is 0 Å². The maximum atomic E-state index is 13.8. The molecule has 8 nitrogen and oxygen atoms in total. The number of aromatic nitrogens is 2. The lowest BCUT2D eigenvalue weighted by atomic mass is 10.1. The van der Waals surface area contributed by atoms with Crippen LogP contribution in [0.25, 0.3) is 11.4 Å². The van der Waals surface area contributed by atoms with Crippen molar-refractivity contribution in [3.8, 4) is 11.4 Å². The fourth-order valence-corrected chi connectivity index (χ4v) is 3.52. The van der Waals surface area contributed by atoms with E-state index in [0.29, 0.717) is 42.4 Å². The van der Waals surface area contributed by atoms with E-state index in [2.05, 4.69) is 10.1 Å². The van der Waals surface area contributed by atoms with Gasteiger partial charge in [0, 0.05) is 30.8 Å². The highest BCUT2D eigenvalue weighted by molar-refractivity contribution is 5.55. The Kier molecular flexibility index (Phi) is 5.39. The van der Waals surface area contributed by atoms with Gasteiger partial charge in [0.1, 0.15) is 5.82 Å². The molecule has 0 aliphatic carbocycles. The fraction of sp³-hybridized carbons (Fsp3) is 0.300. The van der Waals surface area contributed by atoms with Crippen molar-refractivity contribution in [2.24, 2.45) is 0 Å². The summed E-state index contributed by atoms with van der Waals surface area (Å²) in [6, 6.07) is 11.1. The molecule has 0 radical (unpaired) electrons. The van der Waals surface area contributed by atoms with Crippen molar-refractivity contribution < 1.29 is 24.5 Å². The second-order valence-corrected chi connectivity index (χ2v) is 7.26. The standard InChI is InChI=1S/C20H21FN4O4/c1-12-2-5-14(8-17(12)21)19-22-20(29-23-19)18-9-16(26)11-24(18)10-13-3-6-15(7-4-13)25(27)28/h2-8,16,18,25-27H,9-11H2,1H3/t16-,18+/m1/s1. The minimum Gasteiger partial charge on any atom is -0.595 e. The molecule has 2 aromatic carbocycles. The first-order valence-electron chi connectivity index (χ1n) is 9.25. The minimum absolute atomic E-state index is 0.221. The molecule has 152 valence electrons. The molecule has 3 N–H and O–H groups in total. The Morgan fingerprint density at radius 2 is 2.03 bits per heavy atom. The highest BCUT2D eigenvalue weighted by Gasteiger charge is 2.36. The molecule has 0 amide bonds. The normalized spacial score (nSPS) is 20.9. The second-order valence-electron chi connectivity index (χ2n) is 7.26. The number of nitrogens with one attached hydrogen (secondary N) is 1. The monoisotopic (exact) mass is 400 g/mol. The summed E-state index contributed by atoms with van der Waals surface area (Å²) < 4.78 is 19.3. The molecular weight excluding hydrogens is 379 g/mol. The highest BCUT2D eigenvalue weighted by atomic mass is 19.1. The molecule has 4 rings (SSSR count). The van der Waals surface area contributed by atoms with Gasteiger partial charge in [0.2, 0.25) is 11.7 Å². The van der Waals surface area contributed by atoms with E-state index in [1.807, 2.05) is 4.90 Å². The summed E-state index contributed by atoms with van der Waals surface area (Å²) in [5, 5.41) is 33.2. The number of aryl methyl sites for hydroxylation is 1. The summed E-state index contributed by atoms with van der Waals surface area (Å²) in [4.78, 5) is 6.43. The molecule has 0 saturated carbocycles. The van der Waals surface area contributed by atoms with Crippen molar-refractivity contribution in [3.05, 3.63) is 70.5 Å². The van der Waals surface area contributed by atoms with Crippen LogP contribution in [0.5, 0.6) is 0 Å². The van der Waals surface area contributed by atoms with Crippen molar-refractivity contribution in [3.63, 3.8) is 0 Å². The van der Waals surface area contributed by atoms with E-state index in [4.69, 9.17) is 9.73 Å². The quantitative estimate of drug-likeness (QED) is 0.561. The Balaban J connectivity index is 1.53. The van der Waals surface area contributed by atoms with Crippen LogP contribution in [-0.2, 0) is 6.54 Å². The highest BCUT2D eigenvalue weighted by Crippen LogP contribution is 2.33. The number of benzene rings is 2. The van der Waals surface area contributed by atoms with Crippen molar-refractivity contribution in [2.45, 2.75) is 32.0 Å². The summed E-state index contributed by atoms with van der Waals surface area (Å²) in [6.07, 6.45) is -0.0950. The first kappa shape index (κ1) is 19.6. The van der Waals surface area contributed by atoms with Crippen molar-refractivity contribution in [2.75, 3.05) is 6.54 Å². The van der Waals surface area contributed by atoms with Gasteiger partial charge in [0.05, 0.1) is 12.1 Å². The molecule has 1 fully saturated rings. The van der Waals surface area contributed by atoms with Crippen LogP contribution in [0.15, 0.2) is 47.0 Å². The predicted octanol–water partition coefficient (Wildman–Crippen LogP) is 1.90. The van der Waals surface area contributed by atoms with Crippen LogP contribution >= 0.6 is 0 Å². The molecule has 1 saturated heterocycles. The number of nitrogens with zero attached hydrogens (tertiary/aromatic N) is 3. The number of likely N-dealkylation sites (tertiary alicyclic amines) is 1. The number of hydrogen-bond acceptors (Lipinski definition) is 7. The SMILES string of the molecule is Cc1ccc(-c2noc([C@@H]3C[C@@H](O)CN3Cc3ccc([NH+]([O-])O)cc3)n2)cc1F. The number of aliphatic hydroxyl groups excluding tert-OH is 1. The van der Waals surface area contributed by atoms with Gasteiger partial charge < -0.3 is 14.8 Å². The third kappa shape index (κ3) is 4.19. The van der Waals surface area contributed by atoms with Gasteiger partial charge in [-0.15, -0.1) is 0 Å². The van der Waals surface area contributed by atoms with E-state index in [1.165, 1.54) is 6.07 Å². The number of halogens is 1. The molecule has 1 aromatic heterocycles. The minimum atomic E-state index is -0.975. The lowest BCUT2D eigenvalue weighted by Gasteiger charge is -2.21. The Labute approximate surface area is 166 Å². The molecule has 9 heteroatoms.